The van der Waals surface area contributed by atoms with Crippen LogP contribution in [0.5, 0.6) is 0 Å². The van der Waals surface area contributed by atoms with Crippen LogP contribution in [0, 0.1) is 0 Å². The summed E-state index contributed by atoms with van der Waals surface area (Å²) in [4.78, 5) is 6.54. The first-order valence-electron chi connectivity index (χ1n) is 5.63. The van der Waals surface area contributed by atoms with E-state index in [1.54, 1.807) is 0 Å². The van der Waals surface area contributed by atoms with Crippen LogP contribution in [0.3, 0.4) is 0 Å². The number of hydrogen-bond donors (Lipinski definition) is 0. The van der Waals surface area contributed by atoms with Gasteiger partial charge in [-0.2, -0.15) is 0 Å². The van der Waals surface area contributed by atoms with Crippen LogP contribution in [-0.2, 0) is 13.6 Å². The highest BCUT2D eigenvalue weighted by Gasteiger charge is 2.10. The number of nitrogens with zero attached hydrogens (tertiary/aromatic N) is 3. The summed E-state index contributed by atoms with van der Waals surface area (Å²) in [6, 6.07) is 10.4. The average Bonchev–Trinajstić information content (AvgIpc) is 2.76. The van der Waals surface area contributed by atoms with Crippen molar-refractivity contribution in [2.24, 2.45) is 7.05 Å². The third-order valence-electron chi connectivity index (χ3n) is 2.65. The minimum absolute atomic E-state index is 0.597. The Morgan fingerprint density at radius 1 is 1.29 bits per heavy atom. The maximum Gasteiger partial charge on any atom is 0.205 e. The first-order chi connectivity index (χ1) is 8.31. The van der Waals surface area contributed by atoms with E-state index in [2.05, 4.69) is 22.0 Å². The summed E-state index contributed by atoms with van der Waals surface area (Å²) < 4.78 is 2.01. The number of rotatable bonds is 5. The summed E-state index contributed by atoms with van der Waals surface area (Å²) in [6.07, 6.45) is 3.75. The molecular weight excluding hydrogens is 234 g/mol. The van der Waals surface area contributed by atoms with Crippen molar-refractivity contribution in [3.8, 4) is 0 Å². The zero-order chi connectivity index (χ0) is 12.1. The molecule has 3 nitrogen and oxygen atoms in total. The number of halogens is 1. The van der Waals surface area contributed by atoms with Crippen molar-refractivity contribution in [1.82, 2.24) is 9.55 Å². The third kappa shape index (κ3) is 3.01. The Hall–Kier alpha value is -1.48. The molecule has 2 aromatic rings. The molecule has 1 aromatic carbocycles. The highest BCUT2D eigenvalue weighted by molar-refractivity contribution is 6.18. The summed E-state index contributed by atoms with van der Waals surface area (Å²) in [5, 5.41) is 0. The molecule has 1 aromatic heterocycles. The van der Waals surface area contributed by atoms with Gasteiger partial charge in [0, 0.05) is 38.4 Å². The largest absolute Gasteiger partial charge is 0.337 e. The fourth-order valence-corrected chi connectivity index (χ4v) is 2.02. The zero-order valence-electron chi connectivity index (χ0n) is 9.88. The highest BCUT2D eigenvalue weighted by atomic mass is 35.5. The van der Waals surface area contributed by atoms with E-state index in [0.717, 1.165) is 19.0 Å². The monoisotopic (exact) mass is 249 g/mol. The van der Waals surface area contributed by atoms with Gasteiger partial charge in [-0.1, -0.05) is 30.3 Å². The minimum atomic E-state index is 0.597. The molecular formula is C13H16ClN3. The molecule has 0 radical (unpaired) electrons. The van der Waals surface area contributed by atoms with E-state index < -0.39 is 0 Å². The summed E-state index contributed by atoms with van der Waals surface area (Å²) >= 11 is 5.85. The van der Waals surface area contributed by atoms with Crippen molar-refractivity contribution in [3.05, 3.63) is 48.3 Å². The van der Waals surface area contributed by atoms with Gasteiger partial charge in [-0.25, -0.2) is 4.98 Å². The lowest BCUT2D eigenvalue weighted by Crippen LogP contribution is -2.27. The SMILES string of the molecule is Cn1ccnc1N(CCCl)Cc1ccccc1. The molecule has 0 aliphatic carbocycles. The lowest BCUT2D eigenvalue weighted by Gasteiger charge is -2.22. The second kappa shape index (κ2) is 5.73. The summed E-state index contributed by atoms with van der Waals surface area (Å²) in [5.74, 6) is 1.55. The van der Waals surface area contributed by atoms with Gasteiger partial charge in [0.1, 0.15) is 0 Å². The second-order valence-electron chi connectivity index (χ2n) is 3.93. The minimum Gasteiger partial charge on any atom is -0.337 e. The van der Waals surface area contributed by atoms with Crippen LogP contribution in [0.4, 0.5) is 5.95 Å². The third-order valence-corrected chi connectivity index (χ3v) is 2.82. The number of hydrogen-bond acceptors (Lipinski definition) is 2. The Balaban J connectivity index is 2.16. The Labute approximate surface area is 107 Å². The quantitative estimate of drug-likeness (QED) is 0.760. The fourth-order valence-electron chi connectivity index (χ4n) is 1.82. The first kappa shape index (κ1) is 12.0. The Kier molecular flexibility index (Phi) is 4.04. The average molecular weight is 250 g/mol. The molecule has 17 heavy (non-hydrogen) atoms. The lowest BCUT2D eigenvalue weighted by atomic mass is 10.2. The molecule has 90 valence electrons. The summed E-state index contributed by atoms with van der Waals surface area (Å²) in [7, 11) is 1.99. The van der Waals surface area contributed by atoms with E-state index in [1.165, 1.54) is 5.56 Å². The summed E-state index contributed by atoms with van der Waals surface area (Å²) in [5.41, 5.74) is 1.26. The van der Waals surface area contributed by atoms with Gasteiger partial charge >= 0.3 is 0 Å². The van der Waals surface area contributed by atoms with E-state index in [-0.39, 0.29) is 0 Å². The Morgan fingerprint density at radius 3 is 2.65 bits per heavy atom. The molecule has 0 spiro atoms. The molecule has 1 heterocycles. The predicted octanol–water partition coefficient (Wildman–Crippen LogP) is 2.67. The lowest BCUT2D eigenvalue weighted by molar-refractivity contribution is 0.756. The molecule has 0 aliphatic rings. The van der Waals surface area contributed by atoms with Gasteiger partial charge in [0.2, 0.25) is 5.95 Å². The molecule has 0 amide bonds. The molecule has 0 saturated heterocycles. The Morgan fingerprint density at radius 2 is 2.06 bits per heavy atom. The van der Waals surface area contributed by atoms with Crippen LogP contribution in [-0.4, -0.2) is 22.0 Å². The van der Waals surface area contributed by atoms with Gasteiger partial charge < -0.3 is 9.47 Å². The Bertz CT molecular complexity index is 453. The van der Waals surface area contributed by atoms with Crippen LogP contribution in [0.25, 0.3) is 0 Å². The van der Waals surface area contributed by atoms with Crippen molar-refractivity contribution in [2.45, 2.75) is 6.54 Å². The number of anilines is 1. The van der Waals surface area contributed by atoms with Gasteiger partial charge in [-0.15, -0.1) is 11.6 Å². The number of alkyl halides is 1. The van der Waals surface area contributed by atoms with Crippen molar-refractivity contribution < 1.29 is 0 Å². The van der Waals surface area contributed by atoms with Crippen LogP contribution in [0.1, 0.15) is 5.56 Å². The van der Waals surface area contributed by atoms with Crippen molar-refractivity contribution in [3.63, 3.8) is 0 Å². The van der Waals surface area contributed by atoms with Crippen molar-refractivity contribution in [1.29, 1.82) is 0 Å². The van der Waals surface area contributed by atoms with Gasteiger partial charge in [0.15, 0.2) is 0 Å². The van der Waals surface area contributed by atoms with E-state index in [1.807, 2.05) is 42.2 Å². The number of aromatic nitrogens is 2. The second-order valence-corrected chi connectivity index (χ2v) is 4.31. The smallest absolute Gasteiger partial charge is 0.205 e. The van der Waals surface area contributed by atoms with Gasteiger partial charge in [0.05, 0.1) is 0 Å². The maximum atomic E-state index is 5.85. The van der Waals surface area contributed by atoms with E-state index in [9.17, 15) is 0 Å². The number of aryl methyl sites for hydroxylation is 1. The standard InChI is InChI=1S/C13H16ClN3/c1-16-10-8-15-13(16)17(9-7-14)11-12-5-3-2-4-6-12/h2-6,8,10H,7,9,11H2,1H3. The van der Waals surface area contributed by atoms with Crippen molar-refractivity contribution >= 4 is 17.5 Å². The van der Waals surface area contributed by atoms with Crippen LogP contribution in [0.2, 0.25) is 0 Å². The predicted molar refractivity (Wildman–Crippen MR) is 71.4 cm³/mol. The maximum absolute atomic E-state index is 5.85. The van der Waals surface area contributed by atoms with E-state index in [0.29, 0.717) is 5.88 Å². The number of benzene rings is 1. The molecule has 0 bridgehead atoms. The van der Waals surface area contributed by atoms with Crippen LogP contribution in [0.15, 0.2) is 42.7 Å². The molecule has 0 fully saturated rings. The molecule has 0 atom stereocenters. The molecule has 4 heteroatoms. The highest BCUT2D eigenvalue weighted by Crippen LogP contribution is 2.14. The van der Waals surface area contributed by atoms with Gasteiger partial charge in [0.25, 0.3) is 0 Å². The molecule has 0 saturated carbocycles. The topological polar surface area (TPSA) is 21.1 Å². The molecule has 0 aliphatic heterocycles. The summed E-state index contributed by atoms with van der Waals surface area (Å²) in [6.45, 7) is 1.62. The normalized spacial score (nSPS) is 10.5. The zero-order valence-corrected chi connectivity index (χ0v) is 10.6. The molecule has 0 N–H and O–H groups in total. The van der Waals surface area contributed by atoms with Crippen molar-refractivity contribution in [2.75, 3.05) is 17.3 Å². The molecule has 0 unspecified atom stereocenters. The van der Waals surface area contributed by atoms with E-state index in [4.69, 9.17) is 11.6 Å². The van der Waals surface area contributed by atoms with Gasteiger partial charge in [-0.3, -0.25) is 0 Å². The van der Waals surface area contributed by atoms with Crippen LogP contribution < -0.4 is 4.90 Å². The first-order valence-corrected chi connectivity index (χ1v) is 6.17. The van der Waals surface area contributed by atoms with Crippen LogP contribution >= 0.6 is 11.6 Å². The molecule has 2 rings (SSSR count). The van der Waals surface area contributed by atoms with Gasteiger partial charge in [-0.05, 0) is 5.56 Å². The number of imidazole rings is 1. The fraction of sp³-hybridized carbons (Fsp3) is 0.308. The van der Waals surface area contributed by atoms with E-state index >= 15 is 0 Å².